The SMILES string of the molecule is CC(C)(C)c1cc(N2/C(=C3\Sc4ccccc4N3c3cc(C(C)(C)C)cc4ccccc34)Sc3ccccc32)c2ccccc2c1. The molecule has 0 radical (unpaired) electrons. The van der Waals surface area contributed by atoms with Crippen LogP contribution >= 0.6 is 23.5 Å². The highest BCUT2D eigenvalue weighted by Gasteiger charge is 2.38. The molecule has 0 fully saturated rings. The fourth-order valence-electron chi connectivity index (χ4n) is 6.55. The maximum Gasteiger partial charge on any atom is 0.116 e. The number of anilines is 4. The Bertz CT molecular complexity index is 2040. The molecule has 0 unspecified atom stereocenters. The van der Waals surface area contributed by atoms with E-state index in [1.54, 1.807) is 0 Å². The number of benzene rings is 6. The van der Waals surface area contributed by atoms with E-state index in [1.165, 1.54) is 75.3 Å². The zero-order chi connectivity index (χ0) is 31.8. The lowest BCUT2D eigenvalue weighted by Gasteiger charge is -2.31. The van der Waals surface area contributed by atoms with Gasteiger partial charge in [-0.05, 0) is 69.1 Å². The van der Waals surface area contributed by atoms with Crippen molar-refractivity contribution in [3.63, 3.8) is 0 Å². The van der Waals surface area contributed by atoms with Crippen LogP contribution in [0.25, 0.3) is 21.5 Å². The van der Waals surface area contributed by atoms with E-state index in [9.17, 15) is 0 Å². The highest BCUT2D eigenvalue weighted by molar-refractivity contribution is 8.07. The summed E-state index contributed by atoms with van der Waals surface area (Å²) in [5, 5.41) is 7.54. The fourth-order valence-corrected chi connectivity index (χ4v) is 8.97. The number of fused-ring (bicyclic) bond motifs is 4. The minimum absolute atomic E-state index is 0.00909. The number of hydrogen-bond acceptors (Lipinski definition) is 4. The Labute approximate surface area is 281 Å². The lowest BCUT2D eigenvalue weighted by molar-refractivity contribution is 0.591. The zero-order valence-corrected chi connectivity index (χ0v) is 28.9. The third-order valence-corrected chi connectivity index (χ3v) is 11.5. The van der Waals surface area contributed by atoms with E-state index in [0.717, 1.165) is 0 Å². The van der Waals surface area contributed by atoms with Crippen LogP contribution in [0, 0.1) is 0 Å². The first-order valence-electron chi connectivity index (χ1n) is 16.0. The number of nitrogens with zero attached hydrogens (tertiary/aromatic N) is 2. The number of thioether (sulfide) groups is 2. The summed E-state index contributed by atoms with van der Waals surface area (Å²) in [5.41, 5.74) is 7.61. The minimum atomic E-state index is 0.00909. The van der Waals surface area contributed by atoms with Gasteiger partial charge in [-0.25, -0.2) is 0 Å². The molecule has 6 aromatic rings. The molecule has 0 atom stereocenters. The van der Waals surface area contributed by atoms with Gasteiger partial charge in [0.05, 0.1) is 22.7 Å². The van der Waals surface area contributed by atoms with Crippen molar-refractivity contribution >= 4 is 67.8 Å². The molecular weight excluding hydrogens is 597 g/mol. The van der Waals surface area contributed by atoms with E-state index in [1.807, 2.05) is 23.5 Å². The zero-order valence-electron chi connectivity index (χ0n) is 27.3. The van der Waals surface area contributed by atoms with Crippen molar-refractivity contribution in [2.24, 2.45) is 0 Å². The summed E-state index contributed by atoms with van der Waals surface area (Å²) in [7, 11) is 0. The van der Waals surface area contributed by atoms with Crippen molar-refractivity contribution in [3.05, 3.63) is 143 Å². The maximum atomic E-state index is 2.54. The van der Waals surface area contributed by atoms with Gasteiger partial charge in [0.25, 0.3) is 0 Å². The Balaban J connectivity index is 1.45. The molecule has 0 aliphatic carbocycles. The first-order chi connectivity index (χ1) is 22.1. The van der Waals surface area contributed by atoms with Gasteiger partial charge in [0, 0.05) is 20.6 Å². The lowest BCUT2D eigenvalue weighted by Crippen LogP contribution is -2.20. The molecule has 2 nitrogen and oxygen atoms in total. The first-order valence-corrected chi connectivity index (χ1v) is 17.7. The molecule has 0 spiro atoms. The minimum Gasteiger partial charge on any atom is -0.301 e. The van der Waals surface area contributed by atoms with Crippen LogP contribution in [0.1, 0.15) is 52.7 Å². The van der Waals surface area contributed by atoms with Gasteiger partial charge >= 0.3 is 0 Å². The molecule has 8 rings (SSSR count). The summed E-state index contributed by atoms with van der Waals surface area (Å²) in [4.78, 5) is 7.63. The highest BCUT2D eigenvalue weighted by Crippen LogP contribution is 2.60. The van der Waals surface area contributed by atoms with Crippen LogP contribution in [-0.2, 0) is 10.8 Å². The second-order valence-electron chi connectivity index (χ2n) is 14.4. The monoisotopic (exact) mass is 634 g/mol. The normalized spacial score (nSPS) is 16.4. The highest BCUT2D eigenvalue weighted by atomic mass is 32.2. The molecule has 0 aromatic heterocycles. The molecule has 0 saturated carbocycles. The molecule has 6 aromatic carbocycles. The summed E-state index contributed by atoms with van der Waals surface area (Å²) in [6.07, 6.45) is 0. The van der Waals surface area contributed by atoms with Crippen LogP contribution < -0.4 is 9.80 Å². The van der Waals surface area contributed by atoms with Gasteiger partial charge in [-0.15, -0.1) is 0 Å². The van der Waals surface area contributed by atoms with Crippen LogP contribution in [0.2, 0.25) is 0 Å². The second kappa shape index (κ2) is 10.7. The van der Waals surface area contributed by atoms with E-state index in [-0.39, 0.29) is 10.8 Å². The quantitative estimate of drug-likeness (QED) is 0.187. The number of rotatable bonds is 2. The molecule has 0 saturated heterocycles. The van der Waals surface area contributed by atoms with Gasteiger partial charge in [0.2, 0.25) is 0 Å². The average molecular weight is 635 g/mol. The maximum absolute atomic E-state index is 2.54. The Hall–Kier alpha value is -4.12. The Morgan fingerprint density at radius 2 is 0.783 bits per heavy atom. The molecular formula is C42H38N2S2. The molecule has 2 heterocycles. The molecule has 2 aliphatic heterocycles. The van der Waals surface area contributed by atoms with E-state index in [0.29, 0.717) is 0 Å². The van der Waals surface area contributed by atoms with Crippen molar-refractivity contribution in [1.29, 1.82) is 0 Å². The van der Waals surface area contributed by atoms with Gasteiger partial charge in [-0.1, -0.05) is 150 Å². The van der Waals surface area contributed by atoms with Crippen LogP contribution in [-0.4, -0.2) is 0 Å². The van der Waals surface area contributed by atoms with Crippen LogP contribution in [0.15, 0.2) is 141 Å². The number of para-hydroxylation sites is 2. The largest absolute Gasteiger partial charge is 0.301 e. The number of hydrogen-bond donors (Lipinski definition) is 0. The van der Waals surface area contributed by atoms with E-state index in [4.69, 9.17) is 0 Å². The van der Waals surface area contributed by atoms with Crippen LogP contribution in [0.5, 0.6) is 0 Å². The average Bonchev–Trinajstić information content (AvgIpc) is 3.61. The molecule has 0 N–H and O–H groups in total. The predicted octanol–water partition coefficient (Wildman–Crippen LogP) is 12.9. The van der Waals surface area contributed by atoms with Crippen LogP contribution in [0.4, 0.5) is 22.7 Å². The van der Waals surface area contributed by atoms with Gasteiger partial charge in [-0.2, -0.15) is 0 Å². The summed E-state index contributed by atoms with van der Waals surface area (Å²) >= 11 is 3.77. The molecule has 4 heteroatoms. The van der Waals surface area contributed by atoms with Gasteiger partial charge in [-0.3, -0.25) is 0 Å². The van der Waals surface area contributed by atoms with E-state index in [2.05, 4.69) is 173 Å². The third kappa shape index (κ3) is 4.82. The summed E-state index contributed by atoms with van der Waals surface area (Å²) in [6, 6.07) is 45.1. The molecule has 46 heavy (non-hydrogen) atoms. The second-order valence-corrected chi connectivity index (χ2v) is 16.4. The van der Waals surface area contributed by atoms with E-state index >= 15 is 0 Å². The van der Waals surface area contributed by atoms with Crippen molar-refractivity contribution < 1.29 is 0 Å². The van der Waals surface area contributed by atoms with Gasteiger partial charge in [0.1, 0.15) is 10.1 Å². The Morgan fingerprint density at radius 1 is 0.413 bits per heavy atom. The molecule has 228 valence electrons. The van der Waals surface area contributed by atoms with Crippen molar-refractivity contribution in [3.8, 4) is 0 Å². The van der Waals surface area contributed by atoms with Crippen LogP contribution in [0.3, 0.4) is 0 Å². The third-order valence-electron chi connectivity index (χ3n) is 9.11. The topological polar surface area (TPSA) is 6.48 Å². The van der Waals surface area contributed by atoms with Crippen molar-refractivity contribution in [2.75, 3.05) is 9.80 Å². The van der Waals surface area contributed by atoms with E-state index < -0.39 is 0 Å². The predicted molar refractivity (Wildman–Crippen MR) is 201 cm³/mol. The van der Waals surface area contributed by atoms with Gasteiger partial charge in [0.15, 0.2) is 0 Å². The Morgan fingerprint density at radius 3 is 1.20 bits per heavy atom. The summed E-state index contributed by atoms with van der Waals surface area (Å²) in [5.74, 6) is 0. The standard InChI is InChI=1S/C42H38N2S2/c1-41(2,3)29-23-27-15-7-9-17-31(27)35(25-29)43-33-19-11-13-21-37(33)45-39(43)40-44(34-20-12-14-22-38(34)46-40)36-26-30(42(4,5)6)24-28-16-8-10-18-32(28)36/h7-26H,1-6H3/b40-39+. The summed E-state index contributed by atoms with van der Waals surface area (Å²) < 4.78 is 0. The lowest BCUT2D eigenvalue weighted by atomic mass is 9.85. The summed E-state index contributed by atoms with van der Waals surface area (Å²) in [6.45, 7) is 13.9. The molecule has 0 amide bonds. The molecule has 0 bridgehead atoms. The van der Waals surface area contributed by atoms with Gasteiger partial charge < -0.3 is 9.80 Å². The smallest absolute Gasteiger partial charge is 0.116 e. The molecule has 2 aliphatic rings. The van der Waals surface area contributed by atoms with Crippen molar-refractivity contribution in [1.82, 2.24) is 0 Å². The van der Waals surface area contributed by atoms with Crippen molar-refractivity contribution in [2.45, 2.75) is 62.2 Å². The first kappa shape index (κ1) is 29.3. The Kier molecular flexibility index (Phi) is 6.83. The fraction of sp³-hybridized carbons (Fsp3) is 0.190.